The Labute approximate surface area is 75.5 Å². The fourth-order valence-electron chi connectivity index (χ4n) is 0.847. The summed E-state index contributed by atoms with van der Waals surface area (Å²) in [5, 5.41) is 3.02. The maximum Gasteiger partial charge on any atom is 0.143 e. The largest absolute Gasteiger partial charge is 0.382 e. The van der Waals surface area contributed by atoms with E-state index in [0.29, 0.717) is 18.8 Å². The summed E-state index contributed by atoms with van der Waals surface area (Å²) in [6.45, 7) is 1.08. The summed E-state index contributed by atoms with van der Waals surface area (Å²) in [6, 6.07) is 4.62. The first-order valence-corrected chi connectivity index (χ1v) is 4.01. The van der Waals surface area contributed by atoms with Crippen LogP contribution >= 0.6 is 11.6 Å². The normalized spacial score (nSPS) is 9.92. The minimum atomic E-state index is -0.418. The fraction of sp³-hybridized carbons (Fsp3) is 0.250. The van der Waals surface area contributed by atoms with Gasteiger partial charge in [0.15, 0.2) is 0 Å². The zero-order chi connectivity index (χ0) is 8.97. The van der Waals surface area contributed by atoms with E-state index in [4.69, 9.17) is 17.3 Å². The molecular weight excluding hydrogens is 179 g/mol. The van der Waals surface area contributed by atoms with Gasteiger partial charge in [-0.3, -0.25) is 0 Å². The number of hydrogen-bond donors (Lipinski definition) is 2. The van der Waals surface area contributed by atoms with Crippen LogP contribution in [-0.2, 0) is 0 Å². The molecule has 0 heterocycles. The van der Waals surface area contributed by atoms with Crippen LogP contribution < -0.4 is 11.1 Å². The molecule has 0 atom stereocenters. The summed E-state index contributed by atoms with van der Waals surface area (Å²) < 4.78 is 12.8. The Balaban J connectivity index is 2.78. The molecule has 66 valence electrons. The molecule has 12 heavy (non-hydrogen) atoms. The summed E-state index contributed by atoms with van der Waals surface area (Å²) in [5.74, 6) is -0.418. The topological polar surface area (TPSA) is 38.0 Å². The molecule has 2 nitrogen and oxygen atoms in total. The van der Waals surface area contributed by atoms with Crippen LogP contribution in [0.1, 0.15) is 0 Å². The van der Waals surface area contributed by atoms with E-state index < -0.39 is 5.82 Å². The second-order valence-electron chi connectivity index (χ2n) is 2.32. The molecule has 0 aliphatic heterocycles. The minimum absolute atomic E-state index is 0.117. The third kappa shape index (κ3) is 2.09. The molecule has 1 rings (SSSR count). The van der Waals surface area contributed by atoms with Crippen LogP contribution in [0.25, 0.3) is 0 Å². The molecule has 0 bridgehead atoms. The summed E-state index contributed by atoms with van der Waals surface area (Å²) in [5.41, 5.74) is 5.85. The van der Waals surface area contributed by atoms with Crippen LogP contribution in [0.15, 0.2) is 18.2 Å². The van der Waals surface area contributed by atoms with Crippen molar-refractivity contribution in [3.63, 3.8) is 0 Å². The van der Waals surface area contributed by atoms with Crippen molar-refractivity contribution in [2.24, 2.45) is 5.73 Å². The monoisotopic (exact) mass is 188 g/mol. The number of nitrogens with one attached hydrogen (secondary N) is 1. The van der Waals surface area contributed by atoms with Gasteiger partial charge < -0.3 is 11.1 Å². The van der Waals surface area contributed by atoms with E-state index in [0.717, 1.165) is 0 Å². The Morgan fingerprint density at radius 1 is 1.50 bits per heavy atom. The predicted octanol–water partition coefficient (Wildman–Crippen LogP) is 1.85. The van der Waals surface area contributed by atoms with Gasteiger partial charge in [0.1, 0.15) is 5.82 Å². The van der Waals surface area contributed by atoms with E-state index in [-0.39, 0.29) is 5.02 Å². The highest BCUT2D eigenvalue weighted by Gasteiger charge is 2.03. The molecule has 1 aromatic rings. The molecule has 4 heteroatoms. The number of halogens is 2. The second-order valence-corrected chi connectivity index (χ2v) is 2.69. The van der Waals surface area contributed by atoms with Crippen LogP contribution in [0.4, 0.5) is 10.1 Å². The lowest BCUT2D eigenvalue weighted by Crippen LogP contribution is -2.13. The van der Waals surface area contributed by atoms with E-state index in [1.54, 1.807) is 12.1 Å². The van der Waals surface area contributed by atoms with Gasteiger partial charge in [-0.1, -0.05) is 17.7 Å². The van der Waals surface area contributed by atoms with Crippen molar-refractivity contribution in [1.82, 2.24) is 0 Å². The van der Waals surface area contributed by atoms with Crippen molar-refractivity contribution in [3.05, 3.63) is 29.0 Å². The van der Waals surface area contributed by atoms with Crippen LogP contribution in [0, 0.1) is 5.82 Å². The zero-order valence-electron chi connectivity index (χ0n) is 6.48. The number of benzene rings is 1. The molecule has 0 saturated heterocycles. The predicted molar refractivity (Wildman–Crippen MR) is 49.0 cm³/mol. The maximum absolute atomic E-state index is 12.8. The highest BCUT2D eigenvalue weighted by atomic mass is 35.5. The third-order valence-electron chi connectivity index (χ3n) is 1.41. The fourth-order valence-corrected chi connectivity index (χ4v) is 1.04. The molecule has 0 aliphatic carbocycles. The lowest BCUT2D eigenvalue weighted by Gasteiger charge is -2.06. The Hall–Kier alpha value is -0.800. The molecule has 0 unspecified atom stereocenters. The minimum Gasteiger partial charge on any atom is -0.382 e. The number of nitrogens with two attached hydrogens (primary N) is 1. The van der Waals surface area contributed by atoms with E-state index >= 15 is 0 Å². The van der Waals surface area contributed by atoms with Gasteiger partial charge in [-0.25, -0.2) is 4.39 Å². The van der Waals surface area contributed by atoms with Gasteiger partial charge >= 0.3 is 0 Å². The average Bonchev–Trinajstić information content (AvgIpc) is 2.08. The standard InChI is InChI=1S/C8H10ClFN2/c9-8-6(10)2-1-3-7(8)12-5-4-11/h1-3,12H,4-5,11H2. The zero-order valence-corrected chi connectivity index (χ0v) is 7.24. The lowest BCUT2D eigenvalue weighted by atomic mass is 10.3. The molecule has 0 radical (unpaired) electrons. The molecule has 0 fully saturated rings. The van der Waals surface area contributed by atoms with Crippen molar-refractivity contribution < 1.29 is 4.39 Å². The first-order chi connectivity index (χ1) is 5.75. The molecule has 0 amide bonds. The van der Waals surface area contributed by atoms with Crippen LogP contribution in [0.2, 0.25) is 5.02 Å². The van der Waals surface area contributed by atoms with E-state index in [9.17, 15) is 4.39 Å². The summed E-state index contributed by atoms with van der Waals surface area (Å²) in [7, 11) is 0. The maximum atomic E-state index is 12.8. The van der Waals surface area contributed by atoms with Gasteiger partial charge in [0.25, 0.3) is 0 Å². The SMILES string of the molecule is NCCNc1cccc(F)c1Cl. The van der Waals surface area contributed by atoms with E-state index in [1.165, 1.54) is 6.07 Å². The number of hydrogen-bond acceptors (Lipinski definition) is 2. The average molecular weight is 189 g/mol. The molecule has 1 aromatic carbocycles. The summed E-state index contributed by atoms with van der Waals surface area (Å²) in [6.07, 6.45) is 0. The van der Waals surface area contributed by atoms with Gasteiger partial charge in [-0.15, -0.1) is 0 Å². The van der Waals surface area contributed by atoms with Crippen molar-refractivity contribution in [2.75, 3.05) is 18.4 Å². The van der Waals surface area contributed by atoms with Gasteiger partial charge in [0, 0.05) is 13.1 Å². The smallest absolute Gasteiger partial charge is 0.143 e. The van der Waals surface area contributed by atoms with Crippen LogP contribution in [0.5, 0.6) is 0 Å². The highest BCUT2D eigenvalue weighted by molar-refractivity contribution is 6.33. The first-order valence-electron chi connectivity index (χ1n) is 3.63. The summed E-state index contributed by atoms with van der Waals surface area (Å²) in [4.78, 5) is 0. The quantitative estimate of drug-likeness (QED) is 0.760. The number of anilines is 1. The molecule has 3 N–H and O–H groups in total. The van der Waals surface area contributed by atoms with Crippen molar-refractivity contribution in [1.29, 1.82) is 0 Å². The van der Waals surface area contributed by atoms with Crippen molar-refractivity contribution in [3.8, 4) is 0 Å². The van der Waals surface area contributed by atoms with E-state index in [1.807, 2.05) is 0 Å². The van der Waals surface area contributed by atoms with Gasteiger partial charge in [-0.05, 0) is 12.1 Å². The highest BCUT2D eigenvalue weighted by Crippen LogP contribution is 2.23. The van der Waals surface area contributed by atoms with Gasteiger partial charge in [0.05, 0.1) is 10.7 Å². The Morgan fingerprint density at radius 3 is 2.92 bits per heavy atom. The van der Waals surface area contributed by atoms with Crippen molar-refractivity contribution >= 4 is 17.3 Å². The Kier molecular flexibility index (Phi) is 3.31. The van der Waals surface area contributed by atoms with E-state index in [2.05, 4.69) is 5.32 Å². The summed E-state index contributed by atoms with van der Waals surface area (Å²) >= 11 is 5.65. The molecule has 0 saturated carbocycles. The van der Waals surface area contributed by atoms with Crippen LogP contribution in [0.3, 0.4) is 0 Å². The third-order valence-corrected chi connectivity index (χ3v) is 1.80. The van der Waals surface area contributed by atoms with Crippen molar-refractivity contribution in [2.45, 2.75) is 0 Å². The second kappa shape index (κ2) is 4.28. The lowest BCUT2D eigenvalue weighted by molar-refractivity contribution is 0.628. The first kappa shape index (κ1) is 9.29. The molecular formula is C8H10ClFN2. The molecule has 0 aromatic heterocycles. The van der Waals surface area contributed by atoms with Gasteiger partial charge in [-0.2, -0.15) is 0 Å². The Bertz CT molecular complexity index is 265. The van der Waals surface area contributed by atoms with Crippen LogP contribution in [-0.4, -0.2) is 13.1 Å². The Morgan fingerprint density at radius 2 is 2.25 bits per heavy atom. The molecule has 0 spiro atoms. The van der Waals surface area contributed by atoms with Gasteiger partial charge in [0.2, 0.25) is 0 Å². The molecule has 0 aliphatic rings. The number of rotatable bonds is 3.